The molecule has 2 N–H and O–H groups in total. The van der Waals surface area contributed by atoms with Crippen molar-refractivity contribution in [1.29, 1.82) is 0 Å². The molecule has 0 radical (unpaired) electrons. The molecule has 0 aromatic heterocycles. The second kappa shape index (κ2) is 3.89. The minimum atomic E-state index is -0.432. The summed E-state index contributed by atoms with van der Waals surface area (Å²) in [5.41, 5.74) is 5.80. The summed E-state index contributed by atoms with van der Waals surface area (Å²) >= 11 is 0. The van der Waals surface area contributed by atoms with Crippen molar-refractivity contribution in [1.82, 2.24) is 0 Å². The molecular weight excluding hydrogens is 196 g/mol. The standard InChI is InChI=1S/C12H15F2N/c13-10-2-1-3-11(14)9(10)8-12(4-5-12)6-7-15/h1-3H,4-8,15H2. The Kier molecular flexibility index (Phi) is 2.74. The molecule has 2 rings (SSSR count). The Morgan fingerprint density at radius 1 is 1.20 bits per heavy atom. The minimum absolute atomic E-state index is 0.0811. The first kappa shape index (κ1) is 10.6. The van der Waals surface area contributed by atoms with E-state index in [1.54, 1.807) is 0 Å². The van der Waals surface area contributed by atoms with Gasteiger partial charge in [-0.1, -0.05) is 6.07 Å². The van der Waals surface area contributed by atoms with Gasteiger partial charge in [-0.3, -0.25) is 0 Å². The van der Waals surface area contributed by atoms with Crippen molar-refractivity contribution in [3.05, 3.63) is 35.4 Å². The zero-order chi connectivity index (χ0) is 10.9. The van der Waals surface area contributed by atoms with Gasteiger partial charge in [-0.2, -0.15) is 0 Å². The highest BCUT2D eigenvalue weighted by molar-refractivity contribution is 5.22. The molecule has 0 saturated heterocycles. The molecule has 0 aliphatic heterocycles. The van der Waals surface area contributed by atoms with Crippen molar-refractivity contribution in [2.75, 3.05) is 6.54 Å². The fourth-order valence-corrected chi connectivity index (χ4v) is 2.07. The highest BCUT2D eigenvalue weighted by Crippen LogP contribution is 2.51. The first-order chi connectivity index (χ1) is 7.17. The summed E-state index contributed by atoms with van der Waals surface area (Å²) in [6, 6.07) is 4.03. The van der Waals surface area contributed by atoms with E-state index in [-0.39, 0.29) is 11.0 Å². The van der Waals surface area contributed by atoms with Crippen LogP contribution in [0.4, 0.5) is 8.78 Å². The Balaban J connectivity index is 2.17. The molecule has 1 aromatic carbocycles. The molecule has 0 heterocycles. The quantitative estimate of drug-likeness (QED) is 0.814. The molecule has 1 nitrogen and oxygen atoms in total. The van der Waals surface area contributed by atoms with E-state index in [4.69, 9.17) is 5.73 Å². The summed E-state index contributed by atoms with van der Waals surface area (Å²) in [7, 11) is 0. The predicted octanol–water partition coefficient (Wildman–Crippen LogP) is 2.64. The smallest absolute Gasteiger partial charge is 0.129 e. The molecule has 1 aliphatic rings. The van der Waals surface area contributed by atoms with Crippen LogP contribution in [0, 0.1) is 17.0 Å². The lowest BCUT2D eigenvalue weighted by molar-refractivity contribution is 0.441. The highest BCUT2D eigenvalue weighted by atomic mass is 19.1. The Bertz CT molecular complexity index is 338. The summed E-state index contributed by atoms with van der Waals surface area (Å²) < 4.78 is 26.8. The first-order valence-corrected chi connectivity index (χ1v) is 5.30. The van der Waals surface area contributed by atoms with Gasteiger partial charge in [0.05, 0.1) is 0 Å². The molecule has 1 aromatic rings. The van der Waals surface area contributed by atoms with E-state index >= 15 is 0 Å². The largest absolute Gasteiger partial charge is 0.330 e. The summed E-state index contributed by atoms with van der Waals surface area (Å²) in [6.45, 7) is 0.593. The number of rotatable bonds is 4. The summed E-state index contributed by atoms with van der Waals surface area (Å²) in [6.07, 6.45) is 3.43. The number of halogens is 2. The average Bonchev–Trinajstić information content (AvgIpc) is 2.93. The highest BCUT2D eigenvalue weighted by Gasteiger charge is 2.42. The molecule has 0 spiro atoms. The van der Waals surface area contributed by atoms with Gasteiger partial charge < -0.3 is 5.73 Å². The van der Waals surface area contributed by atoms with Gasteiger partial charge in [-0.15, -0.1) is 0 Å². The fourth-order valence-electron chi connectivity index (χ4n) is 2.07. The Hall–Kier alpha value is -0.960. The van der Waals surface area contributed by atoms with Crippen molar-refractivity contribution in [2.45, 2.75) is 25.7 Å². The van der Waals surface area contributed by atoms with Crippen LogP contribution in [0.15, 0.2) is 18.2 Å². The van der Waals surface area contributed by atoms with Crippen LogP contribution < -0.4 is 5.73 Å². The van der Waals surface area contributed by atoms with Crippen LogP contribution in [0.25, 0.3) is 0 Å². The van der Waals surface area contributed by atoms with Crippen LogP contribution >= 0.6 is 0 Å². The molecule has 1 fully saturated rings. The third-order valence-corrected chi connectivity index (χ3v) is 3.25. The Morgan fingerprint density at radius 3 is 2.27 bits per heavy atom. The van der Waals surface area contributed by atoms with Crippen LogP contribution in [-0.4, -0.2) is 6.54 Å². The second-order valence-electron chi connectivity index (χ2n) is 4.42. The molecule has 0 bridgehead atoms. The van der Waals surface area contributed by atoms with Gasteiger partial charge in [0.2, 0.25) is 0 Å². The number of hydrogen-bond donors (Lipinski definition) is 1. The molecular formula is C12H15F2N. The zero-order valence-corrected chi connectivity index (χ0v) is 8.60. The topological polar surface area (TPSA) is 26.0 Å². The third-order valence-electron chi connectivity index (χ3n) is 3.25. The van der Waals surface area contributed by atoms with Gasteiger partial charge in [-0.05, 0) is 49.8 Å². The summed E-state index contributed by atoms with van der Waals surface area (Å²) in [4.78, 5) is 0. The van der Waals surface area contributed by atoms with E-state index in [1.807, 2.05) is 0 Å². The maximum atomic E-state index is 13.4. The van der Waals surface area contributed by atoms with Crippen LogP contribution in [0.5, 0.6) is 0 Å². The van der Waals surface area contributed by atoms with Crippen molar-refractivity contribution >= 4 is 0 Å². The maximum absolute atomic E-state index is 13.4. The van der Waals surface area contributed by atoms with E-state index in [0.717, 1.165) is 19.3 Å². The molecule has 1 aliphatic carbocycles. The van der Waals surface area contributed by atoms with Gasteiger partial charge in [0.25, 0.3) is 0 Å². The van der Waals surface area contributed by atoms with E-state index in [2.05, 4.69) is 0 Å². The van der Waals surface area contributed by atoms with Gasteiger partial charge in [0.15, 0.2) is 0 Å². The SMILES string of the molecule is NCCC1(Cc2c(F)cccc2F)CC1. The van der Waals surface area contributed by atoms with Crippen molar-refractivity contribution in [3.8, 4) is 0 Å². The van der Waals surface area contributed by atoms with Crippen molar-refractivity contribution < 1.29 is 8.78 Å². The normalized spacial score (nSPS) is 17.8. The number of nitrogens with two attached hydrogens (primary N) is 1. The lowest BCUT2D eigenvalue weighted by Crippen LogP contribution is -2.13. The maximum Gasteiger partial charge on any atom is 0.129 e. The van der Waals surface area contributed by atoms with Crippen molar-refractivity contribution in [2.24, 2.45) is 11.1 Å². The van der Waals surface area contributed by atoms with Crippen molar-refractivity contribution in [3.63, 3.8) is 0 Å². The third kappa shape index (κ3) is 2.17. The molecule has 1 saturated carbocycles. The van der Waals surface area contributed by atoms with E-state index in [0.29, 0.717) is 13.0 Å². The Morgan fingerprint density at radius 2 is 1.80 bits per heavy atom. The molecule has 15 heavy (non-hydrogen) atoms. The van der Waals surface area contributed by atoms with Crippen LogP contribution in [-0.2, 0) is 6.42 Å². The summed E-state index contributed by atoms with van der Waals surface area (Å²) in [5, 5.41) is 0. The van der Waals surface area contributed by atoms with E-state index in [1.165, 1.54) is 18.2 Å². The second-order valence-corrected chi connectivity index (χ2v) is 4.42. The van der Waals surface area contributed by atoms with Crippen LogP contribution in [0.2, 0.25) is 0 Å². The Labute approximate surface area is 88.3 Å². The van der Waals surface area contributed by atoms with E-state index in [9.17, 15) is 8.78 Å². The lowest BCUT2D eigenvalue weighted by atomic mass is 9.92. The first-order valence-electron chi connectivity index (χ1n) is 5.30. The molecule has 0 unspecified atom stereocenters. The van der Waals surface area contributed by atoms with Gasteiger partial charge >= 0.3 is 0 Å². The van der Waals surface area contributed by atoms with Crippen LogP contribution in [0.1, 0.15) is 24.8 Å². The number of hydrogen-bond acceptors (Lipinski definition) is 1. The molecule has 82 valence electrons. The van der Waals surface area contributed by atoms with Gasteiger partial charge in [0, 0.05) is 5.56 Å². The van der Waals surface area contributed by atoms with Crippen LogP contribution in [0.3, 0.4) is 0 Å². The van der Waals surface area contributed by atoms with Gasteiger partial charge in [0.1, 0.15) is 11.6 Å². The zero-order valence-electron chi connectivity index (χ0n) is 8.60. The van der Waals surface area contributed by atoms with E-state index < -0.39 is 11.6 Å². The summed E-state index contributed by atoms with van der Waals surface area (Å²) in [5.74, 6) is -0.864. The molecule has 3 heteroatoms. The average molecular weight is 211 g/mol. The van der Waals surface area contributed by atoms with Gasteiger partial charge in [-0.25, -0.2) is 8.78 Å². The monoisotopic (exact) mass is 211 g/mol. The lowest BCUT2D eigenvalue weighted by Gasteiger charge is -2.14. The fraction of sp³-hybridized carbons (Fsp3) is 0.500. The number of benzene rings is 1. The predicted molar refractivity (Wildman–Crippen MR) is 55.4 cm³/mol. The minimum Gasteiger partial charge on any atom is -0.330 e. The molecule has 0 atom stereocenters. The molecule has 0 amide bonds.